The topological polar surface area (TPSA) is 12.0 Å². The fourth-order valence-electron chi connectivity index (χ4n) is 2.52. The molecule has 1 saturated carbocycles. The molecule has 1 nitrogen and oxygen atoms in total. The molecule has 0 aromatic heterocycles. The fraction of sp³-hybridized carbons (Fsp3) is 1.00. The molecule has 0 aliphatic heterocycles. The van der Waals surface area contributed by atoms with E-state index in [1.54, 1.807) is 0 Å². The van der Waals surface area contributed by atoms with Crippen molar-refractivity contribution in [3.63, 3.8) is 0 Å². The van der Waals surface area contributed by atoms with Gasteiger partial charge >= 0.3 is 0 Å². The second-order valence-corrected chi connectivity index (χ2v) is 5.42. The van der Waals surface area contributed by atoms with Gasteiger partial charge in [-0.05, 0) is 43.6 Å². The minimum absolute atomic E-state index is 0.785. The first-order chi connectivity index (χ1) is 6.08. The molecular weight excluding hydrogens is 158 g/mol. The van der Waals surface area contributed by atoms with E-state index in [1.165, 1.54) is 25.8 Å². The first-order valence-corrected chi connectivity index (χ1v) is 5.81. The second kappa shape index (κ2) is 4.99. The maximum absolute atomic E-state index is 3.68. The maximum Gasteiger partial charge on any atom is 0.00722 e. The second-order valence-electron chi connectivity index (χ2n) is 5.42. The minimum atomic E-state index is 0.785. The number of nitrogens with one attached hydrogen (secondary N) is 1. The Morgan fingerprint density at radius 2 is 1.62 bits per heavy atom. The molecule has 0 bridgehead atoms. The van der Waals surface area contributed by atoms with Crippen molar-refractivity contribution in [2.45, 2.75) is 53.0 Å². The van der Waals surface area contributed by atoms with E-state index in [2.05, 4.69) is 33.0 Å². The van der Waals surface area contributed by atoms with Gasteiger partial charge < -0.3 is 5.32 Å². The molecule has 2 atom stereocenters. The first kappa shape index (κ1) is 11.0. The van der Waals surface area contributed by atoms with E-state index in [0.29, 0.717) is 0 Å². The summed E-state index contributed by atoms with van der Waals surface area (Å²) in [4.78, 5) is 0. The molecule has 0 unspecified atom stereocenters. The van der Waals surface area contributed by atoms with E-state index in [-0.39, 0.29) is 0 Å². The summed E-state index contributed by atoms with van der Waals surface area (Å²) in [7, 11) is 0. The molecule has 0 heterocycles. The summed E-state index contributed by atoms with van der Waals surface area (Å²) in [5.41, 5.74) is 0. The molecule has 1 aliphatic carbocycles. The van der Waals surface area contributed by atoms with Crippen LogP contribution in [0.5, 0.6) is 0 Å². The lowest BCUT2D eigenvalue weighted by atomic mass is 9.80. The highest BCUT2D eigenvalue weighted by Gasteiger charge is 2.23. The van der Waals surface area contributed by atoms with Crippen molar-refractivity contribution in [1.82, 2.24) is 5.32 Å². The molecule has 0 spiro atoms. The Labute approximate surface area is 83.3 Å². The van der Waals surface area contributed by atoms with Crippen molar-refractivity contribution in [2.75, 3.05) is 6.54 Å². The number of hydrogen-bond acceptors (Lipinski definition) is 1. The first-order valence-electron chi connectivity index (χ1n) is 5.81. The molecule has 1 N–H and O–H groups in total. The SMILES string of the molecule is CC(C)CNC1C[C@@H](C)C[C@H](C)C1. The molecule has 1 aliphatic rings. The van der Waals surface area contributed by atoms with Crippen LogP contribution in [0, 0.1) is 17.8 Å². The lowest BCUT2D eigenvalue weighted by Crippen LogP contribution is -2.38. The molecule has 1 heteroatoms. The van der Waals surface area contributed by atoms with Crippen LogP contribution >= 0.6 is 0 Å². The van der Waals surface area contributed by atoms with Gasteiger partial charge in [-0.3, -0.25) is 0 Å². The highest BCUT2D eigenvalue weighted by molar-refractivity contribution is 4.79. The van der Waals surface area contributed by atoms with Crippen LogP contribution in [0.4, 0.5) is 0 Å². The van der Waals surface area contributed by atoms with Crippen molar-refractivity contribution >= 4 is 0 Å². The molecule has 0 aromatic rings. The summed E-state index contributed by atoms with van der Waals surface area (Å²) in [5, 5.41) is 3.68. The van der Waals surface area contributed by atoms with Crippen LogP contribution in [0.2, 0.25) is 0 Å². The van der Waals surface area contributed by atoms with Crippen LogP contribution in [0.25, 0.3) is 0 Å². The van der Waals surface area contributed by atoms with Crippen LogP contribution in [-0.4, -0.2) is 12.6 Å². The summed E-state index contributed by atoms with van der Waals surface area (Å²) in [5.74, 6) is 2.63. The third-order valence-corrected chi connectivity index (χ3v) is 2.99. The zero-order chi connectivity index (χ0) is 9.84. The van der Waals surface area contributed by atoms with E-state index in [9.17, 15) is 0 Å². The largest absolute Gasteiger partial charge is 0.314 e. The summed E-state index contributed by atoms with van der Waals surface area (Å²) in [6.07, 6.45) is 4.20. The summed E-state index contributed by atoms with van der Waals surface area (Å²) in [6, 6.07) is 0.793. The summed E-state index contributed by atoms with van der Waals surface area (Å²) in [6.45, 7) is 10.5. The zero-order valence-corrected chi connectivity index (χ0v) is 9.64. The molecule has 1 rings (SSSR count). The standard InChI is InChI=1S/C12H25N/c1-9(2)8-13-12-6-10(3)5-11(4)7-12/h9-13H,5-8H2,1-4H3/t10-,11-/m0/s1. The predicted molar refractivity (Wildman–Crippen MR) is 58.8 cm³/mol. The highest BCUT2D eigenvalue weighted by Crippen LogP contribution is 2.28. The monoisotopic (exact) mass is 183 g/mol. The van der Waals surface area contributed by atoms with Crippen molar-refractivity contribution in [3.8, 4) is 0 Å². The Hall–Kier alpha value is -0.0400. The Bertz CT molecular complexity index is 132. The average molecular weight is 183 g/mol. The van der Waals surface area contributed by atoms with Crippen LogP contribution in [-0.2, 0) is 0 Å². The molecule has 0 aromatic carbocycles. The van der Waals surface area contributed by atoms with Gasteiger partial charge in [0.15, 0.2) is 0 Å². The Kier molecular flexibility index (Phi) is 4.24. The van der Waals surface area contributed by atoms with Gasteiger partial charge in [0.25, 0.3) is 0 Å². The minimum Gasteiger partial charge on any atom is -0.314 e. The molecular formula is C12H25N. The van der Waals surface area contributed by atoms with Gasteiger partial charge in [-0.25, -0.2) is 0 Å². The summed E-state index contributed by atoms with van der Waals surface area (Å²) >= 11 is 0. The molecule has 78 valence electrons. The van der Waals surface area contributed by atoms with Gasteiger partial charge in [-0.2, -0.15) is 0 Å². The lowest BCUT2D eigenvalue weighted by molar-refractivity contribution is 0.235. The normalized spacial score (nSPS) is 35.3. The summed E-state index contributed by atoms with van der Waals surface area (Å²) < 4.78 is 0. The van der Waals surface area contributed by atoms with E-state index >= 15 is 0 Å². The van der Waals surface area contributed by atoms with Crippen molar-refractivity contribution in [3.05, 3.63) is 0 Å². The van der Waals surface area contributed by atoms with Gasteiger partial charge in [0.1, 0.15) is 0 Å². The highest BCUT2D eigenvalue weighted by atomic mass is 14.9. The van der Waals surface area contributed by atoms with Crippen LogP contribution in [0.1, 0.15) is 47.0 Å². The lowest BCUT2D eigenvalue weighted by Gasteiger charge is -2.32. The van der Waals surface area contributed by atoms with E-state index in [0.717, 1.165) is 23.8 Å². The Morgan fingerprint density at radius 3 is 2.08 bits per heavy atom. The van der Waals surface area contributed by atoms with Crippen molar-refractivity contribution < 1.29 is 0 Å². The number of rotatable bonds is 3. The number of hydrogen-bond donors (Lipinski definition) is 1. The smallest absolute Gasteiger partial charge is 0.00722 e. The molecule has 0 saturated heterocycles. The van der Waals surface area contributed by atoms with E-state index in [4.69, 9.17) is 0 Å². The molecule has 0 radical (unpaired) electrons. The van der Waals surface area contributed by atoms with E-state index in [1.807, 2.05) is 0 Å². The molecule has 1 fully saturated rings. The predicted octanol–water partition coefficient (Wildman–Crippen LogP) is 3.06. The van der Waals surface area contributed by atoms with Crippen molar-refractivity contribution in [1.29, 1.82) is 0 Å². The molecule has 0 amide bonds. The van der Waals surface area contributed by atoms with Gasteiger partial charge in [0.2, 0.25) is 0 Å². The Morgan fingerprint density at radius 1 is 1.08 bits per heavy atom. The van der Waals surface area contributed by atoms with E-state index < -0.39 is 0 Å². The van der Waals surface area contributed by atoms with Gasteiger partial charge in [0.05, 0.1) is 0 Å². The van der Waals surface area contributed by atoms with Crippen LogP contribution in [0.3, 0.4) is 0 Å². The molecule has 13 heavy (non-hydrogen) atoms. The van der Waals surface area contributed by atoms with Crippen molar-refractivity contribution in [2.24, 2.45) is 17.8 Å². The third kappa shape index (κ3) is 4.12. The van der Waals surface area contributed by atoms with Crippen LogP contribution in [0.15, 0.2) is 0 Å². The van der Waals surface area contributed by atoms with Gasteiger partial charge in [-0.1, -0.05) is 27.7 Å². The third-order valence-electron chi connectivity index (χ3n) is 2.99. The average Bonchev–Trinajstić information content (AvgIpc) is 1.99. The van der Waals surface area contributed by atoms with Gasteiger partial charge in [-0.15, -0.1) is 0 Å². The van der Waals surface area contributed by atoms with Gasteiger partial charge in [0, 0.05) is 6.04 Å². The fourth-order valence-corrected chi connectivity index (χ4v) is 2.52. The zero-order valence-electron chi connectivity index (χ0n) is 9.64. The quantitative estimate of drug-likeness (QED) is 0.709. The van der Waals surface area contributed by atoms with Crippen LogP contribution < -0.4 is 5.32 Å². The Balaban J connectivity index is 2.25. The maximum atomic E-state index is 3.68.